The van der Waals surface area contributed by atoms with Gasteiger partial charge < -0.3 is 5.32 Å². The molecule has 2 rings (SSSR count). The number of nitro benzene ring substituents is 1. The summed E-state index contributed by atoms with van der Waals surface area (Å²) in [6.07, 6.45) is 2.06. The van der Waals surface area contributed by atoms with E-state index in [1.165, 1.54) is 17.7 Å². The van der Waals surface area contributed by atoms with Crippen LogP contribution in [-0.4, -0.2) is 11.5 Å². The van der Waals surface area contributed by atoms with E-state index in [9.17, 15) is 10.1 Å². The minimum absolute atomic E-state index is 0.120. The van der Waals surface area contributed by atoms with Gasteiger partial charge in [0.15, 0.2) is 0 Å². The third-order valence-corrected chi connectivity index (χ3v) is 2.89. The summed E-state index contributed by atoms with van der Waals surface area (Å²) in [7, 11) is 0. The van der Waals surface area contributed by atoms with Crippen LogP contribution in [0.4, 0.5) is 11.4 Å². The molecule has 19 heavy (non-hydrogen) atoms. The van der Waals surface area contributed by atoms with Crippen LogP contribution < -0.4 is 5.32 Å². The first kappa shape index (κ1) is 13.1. The fraction of sp³-hybridized carbons (Fsp3) is 0.200. The van der Waals surface area contributed by atoms with Gasteiger partial charge in [-0.05, 0) is 30.5 Å². The number of benzene rings is 2. The lowest BCUT2D eigenvalue weighted by molar-refractivity contribution is -0.384. The number of rotatable bonds is 6. The van der Waals surface area contributed by atoms with Crippen molar-refractivity contribution in [3.63, 3.8) is 0 Å². The van der Waals surface area contributed by atoms with Crippen molar-refractivity contribution in [1.29, 1.82) is 0 Å². The molecule has 2 aromatic rings. The second-order valence-electron chi connectivity index (χ2n) is 4.32. The third kappa shape index (κ3) is 4.10. The predicted octanol–water partition coefficient (Wildman–Crippen LogP) is 3.64. The van der Waals surface area contributed by atoms with Crippen LogP contribution >= 0.6 is 0 Å². The maximum absolute atomic E-state index is 10.5. The van der Waals surface area contributed by atoms with Gasteiger partial charge in [0.25, 0.3) is 5.69 Å². The molecule has 0 aliphatic rings. The van der Waals surface area contributed by atoms with Gasteiger partial charge in [-0.1, -0.05) is 30.3 Å². The van der Waals surface area contributed by atoms with Gasteiger partial charge in [-0.15, -0.1) is 0 Å². The van der Waals surface area contributed by atoms with Crippen LogP contribution in [0.25, 0.3) is 0 Å². The maximum atomic E-state index is 10.5. The lowest BCUT2D eigenvalue weighted by Crippen LogP contribution is -2.02. The number of nitrogens with one attached hydrogen (secondary N) is 1. The molecule has 0 spiro atoms. The SMILES string of the molecule is O=[N+]([O-])c1ccc(NCCCc2ccccc2)cc1. The highest BCUT2D eigenvalue weighted by molar-refractivity contribution is 5.48. The van der Waals surface area contributed by atoms with E-state index >= 15 is 0 Å². The van der Waals surface area contributed by atoms with Crippen molar-refractivity contribution in [3.8, 4) is 0 Å². The summed E-state index contributed by atoms with van der Waals surface area (Å²) in [4.78, 5) is 10.1. The van der Waals surface area contributed by atoms with Crippen molar-refractivity contribution in [1.82, 2.24) is 0 Å². The quantitative estimate of drug-likeness (QED) is 0.487. The van der Waals surface area contributed by atoms with E-state index in [1.54, 1.807) is 12.1 Å². The van der Waals surface area contributed by atoms with E-state index in [1.807, 2.05) is 18.2 Å². The van der Waals surface area contributed by atoms with E-state index in [2.05, 4.69) is 17.4 Å². The second-order valence-corrected chi connectivity index (χ2v) is 4.32. The van der Waals surface area contributed by atoms with Crippen LogP contribution in [0.15, 0.2) is 54.6 Å². The molecule has 0 heterocycles. The Morgan fingerprint density at radius 1 is 1.00 bits per heavy atom. The lowest BCUT2D eigenvalue weighted by Gasteiger charge is -2.06. The number of hydrogen-bond acceptors (Lipinski definition) is 3. The highest BCUT2D eigenvalue weighted by Crippen LogP contribution is 2.15. The number of nitro groups is 1. The average Bonchev–Trinajstić information content (AvgIpc) is 2.45. The number of nitrogens with zero attached hydrogens (tertiary/aromatic N) is 1. The molecular weight excluding hydrogens is 240 g/mol. The Labute approximate surface area is 112 Å². The van der Waals surface area contributed by atoms with Crippen LogP contribution in [0.1, 0.15) is 12.0 Å². The van der Waals surface area contributed by atoms with Crippen LogP contribution in [0, 0.1) is 10.1 Å². The zero-order chi connectivity index (χ0) is 13.5. The number of hydrogen-bond donors (Lipinski definition) is 1. The summed E-state index contributed by atoms with van der Waals surface area (Å²) < 4.78 is 0. The molecule has 4 heteroatoms. The highest BCUT2D eigenvalue weighted by atomic mass is 16.6. The number of anilines is 1. The Kier molecular flexibility index (Phi) is 4.50. The van der Waals surface area contributed by atoms with E-state index in [0.717, 1.165) is 25.1 Å². The molecule has 0 unspecified atom stereocenters. The zero-order valence-corrected chi connectivity index (χ0v) is 10.6. The predicted molar refractivity (Wildman–Crippen MR) is 76.3 cm³/mol. The monoisotopic (exact) mass is 256 g/mol. The molecule has 0 aromatic heterocycles. The van der Waals surface area contributed by atoms with Crippen molar-refractivity contribution < 1.29 is 4.92 Å². The van der Waals surface area contributed by atoms with Crippen LogP contribution in [0.5, 0.6) is 0 Å². The second kappa shape index (κ2) is 6.54. The van der Waals surface area contributed by atoms with Crippen LogP contribution in [0.3, 0.4) is 0 Å². The molecule has 98 valence electrons. The van der Waals surface area contributed by atoms with E-state index in [4.69, 9.17) is 0 Å². The Hall–Kier alpha value is -2.36. The Morgan fingerprint density at radius 3 is 2.32 bits per heavy atom. The van der Waals surface area contributed by atoms with Crippen molar-refractivity contribution in [3.05, 3.63) is 70.3 Å². The van der Waals surface area contributed by atoms with Gasteiger partial charge >= 0.3 is 0 Å². The minimum atomic E-state index is -0.390. The van der Waals surface area contributed by atoms with Crippen LogP contribution in [0.2, 0.25) is 0 Å². The van der Waals surface area contributed by atoms with Crippen molar-refractivity contribution in [2.45, 2.75) is 12.8 Å². The Bertz CT molecular complexity index is 524. The molecule has 0 radical (unpaired) electrons. The van der Waals surface area contributed by atoms with Gasteiger partial charge in [-0.3, -0.25) is 10.1 Å². The summed E-state index contributed by atoms with van der Waals surface area (Å²) in [5.74, 6) is 0. The summed E-state index contributed by atoms with van der Waals surface area (Å²) in [6, 6.07) is 16.8. The summed E-state index contributed by atoms with van der Waals surface area (Å²) >= 11 is 0. The van der Waals surface area contributed by atoms with E-state index < -0.39 is 0 Å². The Morgan fingerprint density at radius 2 is 1.68 bits per heavy atom. The lowest BCUT2D eigenvalue weighted by atomic mass is 10.1. The molecular formula is C15H16N2O2. The highest BCUT2D eigenvalue weighted by Gasteiger charge is 2.03. The van der Waals surface area contributed by atoms with Crippen LogP contribution in [-0.2, 0) is 6.42 Å². The maximum Gasteiger partial charge on any atom is 0.269 e. The van der Waals surface area contributed by atoms with Crippen molar-refractivity contribution >= 4 is 11.4 Å². The van der Waals surface area contributed by atoms with Gasteiger partial charge in [-0.25, -0.2) is 0 Å². The van der Waals surface area contributed by atoms with Gasteiger partial charge in [0.1, 0.15) is 0 Å². The van der Waals surface area contributed by atoms with Gasteiger partial charge in [0, 0.05) is 24.4 Å². The standard InChI is InChI=1S/C15H16N2O2/c18-17(19)15-10-8-14(9-11-15)16-12-4-7-13-5-2-1-3-6-13/h1-3,5-6,8-11,16H,4,7,12H2. The summed E-state index contributed by atoms with van der Waals surface area (Å²) in [6.45, 7) is 0.854. The number of aryl methyl sites for hydroxylation is 1. The molecule has 0 saturated heterocycles. The number of non-ortho nitro benzene ring substituents is 1. The molecule has 0 amide bonds. The normalized spacial score (nSPS) is 10.1. The smallest absolute Gasteiger partial charge is 0.269 e. The Balaban J connectivity index is 1.75. The molecule has 4 nitrogen and oxygen atoms in total. The molecule has 0 aliphatic heterocycles. The molecule has 2 aromatic carbocycles. The van der Waals surface area contributed by atoms with Crippen molar-refractivity contribution in [2.24, 2.45) is 0 Å². The largest absolute Gasteiger partial charge is 0.385 e. The molecule has 0 aliphatic carbocycles. The summed E-state index contributed by atoms with van der Waals surface area (Å²) in [5.41, 5.74) is 2.36. The van der Waals surface area contributed by atoms with Gasteiger partial charge in [0.05, 0.1) is 4.92 Å². The van der Waals surface area contributed by atoms with Gasteiger partial charge in [-0.2, -0.15) is 0 Å². The summed E-state index contributed by atoms with van der Waals surface area (Å²) in [5, 5.41) is 13.8. The molecule has 0 saturated carbocycles. The first-order valence-electron chi connectivity index (χ1n) is 6.28. The first-order valence-corrected chi connectivity index (χ1v) is 6.28. The third-order valence-electron chi connectivity index (χ3n) is 2.89. The topological polar surface area (TPSA) is 55.2 Å². The zero-order valence-electron chi connectivity index (χ0n) is 10.6. The molecule has 0 fully saturated rings. The van der Waals surface area contributed by atoms with Gasteiger partial charge in [0.2, 0.25) is 0 Å². The first-order chi connectivity index (χ1) is 9.25. The average molecular weight is 256 g/mol. The molecule has 0 atom stereocenters. The van der Waals surface area contributed by atoms with E-state index in [-0.39, 0.29) is 10.6 Å². The van der Waals surface area contributed by atoms with Crippen molar-refractivity contribution in [2.75, 3.05) is 11.9 Å². The minimum Gasteiger partial charge on any atom is -0.385 e. The molecule has 0 bridgehead atoms. The fourth-order valence-electron chi connectivity index (χ4n) is 1.87. The fourth-order valence-corrected chi connectivity index (χ4v) is 1.87. The van der Waals surface area contributed by atoms with E-state index in [0.29, 0.717) is 0 Å². The molecule has 1 N–H and O–H groups in total.